The van der Waals surface area contributed by atoms with Crippen molar-refractivity contribution >= 4 is 5.69 Å². The molecule has 0 saturated heterocycles. The van der Waals surface area contributed by atoms with Crippen LogP contribution >= 0.6 is 0 Å². The molecule has 0 aromatic heterocycles. The van der Waals surface area contributed by atoms with Gasteiger partial charge in [0.2, 0.25) is 5.82 Å². The average Bonchev–Trinajstić information content (AvgIpc) is 2.03. The number of nitro groups is 1. The second kappa shape index (κ2) is 3.44. The van der Waals surface area contributed by atoms with Crippen LogP contribution in [0, 0.1) is 21.7 Å². The van der Waals surface area contributed by atoms with Crippen molar-refractivity contribution in [3.05, 3.63) is 39.4 Å². The smallest absolute Gasteiger partial charge is 0.305 e. The van der Waals surface area contributed by atoms with E-state index in [1.54, 1.807) is 0 Å². The standard InChI is InChI=1S/C7H5F2NO3/c8-5-2-6(9)7(10(12)13)1-4(5)3-11/h1-2,11H,3H2. The van der Waals surface area contributed by atoms with Gasteiger partial charge < -0.3 is 5.11 Å². The summed E-state index contributed by atoms with van der Waals surface area (Å²) in [5, 5.41) is 18.7. The zero-order chi connectivity index (χ0) is 10.0. The third-order valence-electron chi connectivity index (χ3n) is 1.48. The quantitative estimate of drug-likeness (QED) is 0.564. The molecule has 0 spiro atoms. The van der Waals surface area contributed by atoms with Crippen LogP contribution in [0.5, 0.6) is 0 Å². The van der Waals surface area contributed by atoms with Gasteiger partial charge in [0.25, 0.3) is 0 Å². The number of aliphatic hydroxyl groups is 1. The second-order valence-electron chi connectivity index (χ2n) is 2.31. The Morgan fingerprint density at radius 1 is 1.38 bits per heavy atom. The van der Waals surface area contributed by atoms with Gasteiger partial charge in [0.05, 0.1) is 11.5 Å². The van der Waals surface area contributed by atoms with Crippen LogP contribution < -0.4 is 0 Å². The van der Waals surface area contributed by atoms with Crippen LogP contribution in [0.3, 0.4) is 0 Å². The van der Waals surface area contributed by atoms with Crippen molar-refractivity contribution in [3.63, 3.8) is 0 Å². The third-order valence-corrected chi connectivity index (χ3v) is 1.48. The summed E-state index contributed by atoms with van der Waals surface area (Å²) in [6, 6.07) is 1.05. The molecule has 0 amide bonds. The number of hydrogen-bond donors (Lipinski definition) is 1. The highest BCUT2D eigenvalue weighted by molar-refractivity contribution is 5.36. The predicted molar refractivity (Wildman–Crippen MR) is 38.9 cm³/mol. The van der Waals surface area contributed by atoms with Gasteiger partial charge in [0.15, 0.2) is 0 Å². The van der Waals surface area contributed by atoms with Gasteiger partial charge in [-0.3, -0.25) is 10.1 Å². The van der Waals surface area contributed by atoms with E-state index in [4.69, 9.17) is 5.11 Å². The van der Waals surface area contributed by atoms with E-state index in [9.17, 15) is 18.9 Å². The first-order valence-corrected chi connectivity index (χ1v) is 3.29. The van der Waals surface area contributed by atoms with Gasteiger partial charge in [-0.1, -0.05) is 0 Å². The van der Waals surface area contributed by atoms with E-state index in [1.807, 2.05) is 0 Å². The molecule has 1 N–H and O–H groups in total. The summed E-state index contributed by atoms with van der Waals surface area (Å²) in [4.78, 5) is 9.18. The van der Waals surface area contributed by atoms with E-state index < -0.39 is 28.9 Å². The van der Waals surface area contributed by atoms with Crippen molar-refractivity contribution in [1.29, 1.82) is 0 Å². The summed E-state index contributed by atoms with van der Waals surface area (Å²) < 4.78 is 25.3. The van der Waals surface area contributed by atoms with Crippen LogP contribution in [-0.4, -0.2) is 10.0 Å². The summed E-state index contributed by atoms with van der Waals surface area (Å²) in [6.45, 7) is -0.701. The molecule has 0 aliphatic heterocycles. The molecule has 0 unspecified atom stereocenters. The fourth-order valence-electron chi connectivity index (χ4n) is 0.842. The molecular formula is C7H5F2NO3. The first-order chi connectivity index (χ1) is 6.06. The van der Waals surface area contributed by atoms with Gasteiger partial charge in [-0.15, -0.1) is 0 Å². The lowest BCUT2D eigenvalue weighted by molar-refractivity contribution is -0.387. The fraction of sp³-hybridized carbons (Fsp3) is 0.143. The summed E-state index contributed by atoms with van der Waals surface area (Å²) in [5.41, 5.74) is -1.14. The van der Waals surface area contributed by atoms with Gasteiger partial charge >= 0.3 is 5.69 Å². The minimum absolute atomic E-state index is 0.298. The molecule has 0 radical (unpaired) electrons. The van der Waals surface area contributed by atoms with Crippen molar-refractivity contribution in [2.45, 2.75) is 6.61 Å². The van der Waals surface area contributed by atoms with Crippen molar-refractivity contribution in [1.82, 2.24) is 0 Å². The number of benzene rings is 1. The molecule has 0 heterocycles. The average molecular weight is 189 g/mol. The van der Waals surface area contributed by atoms with Crippen LogP contribution in [-0.2, 0) is 6.61 Å². The van der Waals surface area contributed by atoms with Gasteiger partial charge in [-0.2, -0.15) is 4.39 Å². The minimum atomic E-state index is -1.25. The monoisotopic (exact) mass is 189 g/mol. The second-order valence-corrected chi connectivity index (χ2v) is 2.31. The van der Waals surface area contributed by atoms with E-state index in [-0.39, 0.29) is 5.56 Å². The van der Waals surface area contributed by atoms with Crippen LogP contribution in [0.2, 0.25) is 0 Å². The SMILES string of the molecule is O=[N+]([O-])c1cc(CO)c(F)cc1F. The number of nitro benzene ring substituents is 1. The lowest BCUT2D eigenvalue weighted by Crippen LogP contribution is -1.98. The molecule has 1 rings (SSSR count). The van der Waals surface area contributed by atoms with Crippen LogP contribution in [0.25, 0.3) is 0 Å². The number of aliphatic hydroxyl groups excluding tert-OH is 1. The summed E-state index contributed by atoms with van der Waals surface area (Å²) in [5.74, 6) is -2.25. The van der Waals surface area contributed by atoms with Crippen LogP contribution in [0.4, 0.5) is 14.5 Å². The minimum Gasteiger partial charge on any atom is -0.392 e. The first kappa shape index (κ1) is 9.53. The largest absolute Gasteiger partial charge is 0.392 e. The zero-order valence-corrected chi connectivity index (χ0v) is 6.33. The molecule has 0 fully saturated rings. The van der Waals surface area contributed by atoms with Gasteiger partial charge in [-0.25, -0.2) is 4.39 Å². The van der Waals surface area contributed by atoms with Crippen LogP contribution in [0.15, 0.2) is 12.1 Å². The predicted octanol–water partition coefficient (Wildman–Crippen LogP) is 1.37. The maximum absolute atomic E-state index is 12.7. The van der Waals surface area contributed by atoms with E-state index in [2.05, 4.69) is 0 Å². The Balaban J connectivity index is 3.30. The fourth-order valence-corrected chi connectivity index (χ4v) is 0.842. The highest BCUT2D eigenvalue weighted by Gasteiger charge is 2.17. The zero-order valence-electron chi connectivity index (χ0n) is 6.33. The highest BCUT2D eigenvalue weighted by Crippen LogP contribution is 2.21. The maximum atomic E-state index is 12.7. The van der Waals surface area contributed by atoms with Crippen molar-refractivity contribution in [3.8, 4) is 0 Å². The highest BCUT2D eigenvalue weighted by atomic mass is 19.1. The molecule has 0 atom stereocenters. The summed E-state index contributed by atoms with van der Waals surface area (Å²) >= 11 is 0. The number of hydrogen-bond acceptors (Lipinski definition) is 3. The molecular weight excluding hydrogens is 184 g/mol. The Morgan fingerprint density at radius 2 is 2.00 bits per heavy atom. The van der Waals surface area contributed by atoms with E-state index in [1.165, 1.54) is 0 Å². The Morgan fingerprint density at radius 3 is 2.46 bits per heavy atom. The van der Waals surface area contributed by atoms with Gasteiger partial charge in [0, 0.05) is 17.7 Å². The normalized spacial score (nSPS) is 10.1. The lowest BCUT2D eigenvalue weighted by Gasteiger charge is -1.99. The maximum Gasteiger partial charge on any atom is 0.305 e. The Hall–Kier alpha value is -1.56. The molecule has 0 aliphatic carbocycles. The molecule has 4 nitrogen and oxygen atoms in total. The molecule has 0 aliphatic rings. The number of halogens is 2. The molecule has 0 saturated carbocycles. The topological polar surface area (TPSA) is 63.4 Å². The Bertz CT molecular complexity index is 354. The van der Waals surface area contributed by atoms with Crippen LogP contribution in [0.1, 0.15) is 5.56 Å². The molecule has 1 aromatic rings. The summed E-state index contributed by atoms with van der Waals surface area (Å²) in [6.07, 6.45) is 0. The van der Waals surface area contributed by atoms with Gasteiger partial charge in [0.1, 0.15) is 5.82 Å². The van der Waals surface area contributed by atoms with Crippen molar-refractivity contribution in [2.75, 3.05) is 0 Å². The molecule has 13 heavy (non-hydrogen) atoms. The first-order valence-electron chi connectivity index (χ1n) is 3.29. The van der Waals surface area contributed by atoms with Gasteiger partial charge in [-0.05, 0) is 0 Å². The van der Waals surface area contributed by atoms with E-state index in [0.717, 1.165) is 0 Å². The Labute approximate surface area is 71.6 Å². The summed E-state index contributed by atoms with van der Waals surface area (Å²) in [7, 11) is 0. The third kappa shape index (κ3) is 1.78. The van der Waals surface area contributed by atoms with E-state index >= 15 is 0 Å². The number of rotatable bonds is 2. The molecule has 6 heteroatoms. The molecule has 70 valence electrons. The molecule has 1 aromatic carbocycles. The lowest BCUT2D eigenvalue weighted by atomic mass is 10.2. The van der Waals surface area contributed by atoms with E-state index in [0.29, 0.717) is 12.1 Å². The van der Waals surface area contributed by atoms with Crippen molar-refractivity contribution < 1.29 is 18.8 Å². The Kier molecular flexibility index (Phi) is 2.52. The van der Waals surface area contributed by atoms with Crippen molar-refractivity contribution in [2.24, 2.45) is 0 Å². The molecule has 0 bridgehead atoms. The number of nitrogens with zero attached hydrogens (tertiary/aromatic N) is 1.